The maximum Gasteiger partial charge on any atom is 0.194 e. The predicted octanol–water partition coefficient (Wildman–Crippen LogP) is 1.25. The van der Waals surface area contributed by atoms with Crippen LogP contribution >= 0.6 is 0 Å². The van der Waals surface area contributed by atoms with Crippen LogP contribution in [0.1, 0.15) is 11.1 Å². The van der Waals surface area contributed by atoms with Crippen molar-refractivity contribution in [1.82, 2.24) is 10.2 Å². The lowest BCUT2D eigenvalue weighted by molar-refractivity contribution is 0.381. The topological polar surface area (TPSA) is 27.6 Å². The molecule has 0 aliphatic carbocycles. The average Bonchev–Trinajstić information content (AvgIpc) is 2.39. The number of nitrogens with zero attached hydrogens (tertiary/aromatic N) is 2. The highest BCUT2D eigenvalue weighted by atomic mass is 15.3. The molecule has 0 fully saturated rings. The highest BCUT2D eigenvalue weighted by Gasteiger charge is 2.17. The highest BCUT2D eigenvalue weighted by Crippen LogP contribution is 2.18. The number of rotatable bonds is 1. The summed E-state index contributed by atoms with van der Waals surface area (Å²) in [6, 6.07) is 8.56. The maximum absolute atomic E-state index is 5.25. The first-order chi connectivity index (χ1) is 8.35. The van der Waals surface area contributed by atoms with E-state index in [0.29, 0.717) is 6.54 Å². The van der Waals surface area contributed by atoms with Crippen LogP contribution in [0.2, 0.25) is 0 Å². The van der Waals surface area contributed by atoms with Crippen molar-refractivity contribution in [3.8, 4) is 12.3 Å². The van der Waals surface area contributed by atoms with Crippen LogP contribution in [-0.4, -0.2) is 31.0 Å². The minimum atomic E-state index is 0.519. The number of benzene rings is 1. The highest BCUT2D eigenvalue weighted by molar-refractivity contribution is 5.80. The number of terminal acetylenes is 1. The van der Waals surface area contributed by atoms with E-state index in [1.807, 2.05) is 0 Å². The van der Waals surface area contributed by atoms with Crippen LogP contribution in [0.25, 0.3) is 0 Å². The van der Waals surface area contributed by atoms with Gasteiger partial charge in [-0.2, -0.15) is 0 Å². The molecule has 0 spiro atoms. The Morgan fingerprint density at radius 3 is 2.94 bits per heavy atom. The lowest BCUT2D eigenvalue weighted by Gasteiger charge is -2.31. The minimum Gasteiger partial charge on any atom is -0.345 e. The molecule has 0 saturated heterocycles. The number of aliphatic imine (C=N–C) groups is 1. The summed E-state index contributed by atoms with van der Waals surface area (Å²) < 4.78 is 0. The third-order valence-electron chi connectivity index (χ3n) is 2.99. The molecule has 0 aromatic heterocycles. The van der Waals surface area contributed by atoms with E-state index < -0.39 is 0 Å². The van der Waals surface area contributed by atoms with E-state index in [1.165, 1.54) is 11.1 Å². The van der Waals surface area contributed by atoms with Gasteiger partial charge in [0.05, 0.1) is 6.54 Å². The fourth-order valence-electron chi connectivity index (χ4n) is 2.14. The molecule has 0 radical (unpaired) electrons. The lowest BCUT2D eigenvalue weighted by atomic mass is 10.0. The molecule has 1 aliphatic rings. The maximum atomic E-state index is 5.25. The summed E-state index contributed by atoms with van der Waals surface area (Å²) in [6.07, 6.45) is 6.31. The van der Waals surface area contributed by atoms with Crippen LogP contribution < -0.4 is 5.32 Å². The van der Waals surface area contributed by atoms with Crippen LogP contribution in [0.4, 0.5) is 0 Å². The zero-order chi connectivity index (χ0) is 12.1. The van der Waals surface area contributed by atoms with Gasteiger partial charge < -0.3 is 10.2 Å². The number of hydrogen-bond donors (Lipinski definition) is 1. The summed E-state index contributed by atoms with van der Waals surface area (Å²) in [4.78, 5) is 6.49. The molecule has 1 aromatic carbocycles. The molecule has 0 unspecified atom stereocenters. The van der Waals surface area contributed by atoms with E-state index >= 15 is 0 Å². The number of guanidine groups is 1. The van der Waals surface area contributed by atoms with Gasteiger partial charge in [0.25, 0.3) is 0 Å². The van der Waals surface area contributed by atoms with Crippen molar-refractivity contribution in [3.63, 3.8) is 0 Å². The number of nitrogens with one attached hydrogen (secondary N) is 1. The number of hydrogen-bond acceptors (Lipinski definition) is 1. The van der Waals surface area contributed by atoms with Gasteiger partial charge in [-0.05, 0) is 17.5 Å². The van der Waals surface area contributed by atoms with Crippen LogP contribution in [0.5, 0.6) is 0 Å². The van der Waals surface area contributed by atoms with Crippen LogP contribution in [0.15, 0.2) is 29.3 Å². The Balaban J connectivity index is 2.09. The third-order valence-corrected chi connectivity index (χ3v) is 2.99. The molecule has 0 atom stereocenters. The molecule has 0 bridgehead atoms. The molecule has 1 aliphatic heterocycles. The van der Waals surface area contributed by atoms with Gasteiger partial charge in [0, 0.05) is 20.1 Å². The molecular formula is C14H17N3. The molecular weight excluding hydrogens is 210 g/mol. The SMILES string of the molecule is C#CCNC(=NC)N1CCc2ccccc2C1. The first-order valence-electron chi connectivity index (χ1n) is 5.81. The molecule has 17 heavy (non-hydrogen) atoms. The average molecular weight is 227 g/mol. The third kappa shape index (κ3) is 2.59. The van der Waals surface area contributed by atoms with E-state index in [4.69, 9.17) is 6.42 Å². The fourth-order valence-corrected chi connectivity index (χ4v) is 2.14. The van der Waals surface area contributed by atoms with Crippen molar-refractivity contribution in [3.05, 3.63) is 35.4 Å². The predicted molar refractivity (Wildman–Crippen MR) is 70.8 cm³/mol. The quantitative estimate of drug-likeness (QED) is 0.444. The zero-order valence-corrected chi connectivity index (χ0v) is 10.1. The van der Waals surface area contributed by atoms with Gasteiger partial charge in [0.1, 0.15) is 0 Å². The molecule has 0 amide bonds. The van der Waals surface area contributed by atoms with Gasteiger partial charge in [-0.15, -0.1) is 6.42 Å². The molecule has 2 rings (SSSR count). The van der Waals surface area contributed by atoms with Crippen molar-refractivity contribution in [2.45, 2.75) is 13.0 Å². The molecule has 1 heterocycles. The largest absolute Gasteiger partial charge is 0.345 e. The van der Waals surface area contributed by atoms with E-state index in [9.17, 15) is 0 Å². The standard InChI is InChI=1S/C14H17N3/c1-3-9-16-14(15-2)17-10-8-12-6-4-5-7-13(12)11-17/h1,4-7H,8-11H2,2H3,(H,15,16). The Kier molecular flexibility index (Phi) is 3.66. The van der Waals surface area contributed by atoms with E-state index in [0.717, 1.165) is 25.5 Å². The zero-order valence-electron chi connectivity index (χ0n) is 10.1. The van der Waals surface area contributed by atoms with Gasteiger partial charge >= 0.3 is 0 Å². The normalized spacial score (nSPS) is 15.1. The number of fused-ring (bicyclic) bond motifs is 1. The second-order valence-corrected chi connectivity index (χ2v) is 4.05. The summed E-state index contributed by atoms with van der Waals surface area (Å²) in [5.41, 5.74) is 2.82. The van der Waals surface area contributed by atoms with Crippen molar-refractivity contribution in [1.29, 1.82) is 0 Å². The van der Waals surface area contributed by atoms with Crippen LogP contribution in [0, 0.1) is 12.3 Å². The van der Waals surface area contributed by atoms with E-state index in [1.54, 1.807) is 7.05 Å². The van der Waals surface area contributed by atoms with Crippen molar-refractivity contribution < 1.29 is 0 Å². The lowest BCUT2D eigenvalue weighted by Crippen LogP contribution is -2.44. The molecule has 1 N–H and O–H groups in total. The molecule has 1 aromatic rings. The van der Waals surface area contributed by atoms with Gasteiger partial charge in [-0.25, -0.2) is 0 Å². The second kappa shape index (κ2) is 5.40. The summed E-state index contributed by atoms with van der Waals surface area (Å²) in [5, 5.41) is 3.16. The fraction of sp³-hybridized carbons (Fsp3) is 0.357. The summed E-state index contributed by atoms with van der Waals surface area (Å²) in [7, 11) is 1.79. The van der Waals surface area contributed by atoms with Crippen molar-refractivity contribution in [2.75, 3.05) is 20.1 Å². The molecule has 3 nitrogen and oxygen atoms in total. The Morgan fingerprint density at radius 1 is 1.47 bits per heavy atom. The van der Waals surface area contributed by atoms with Crippen molar-refractivity contribution in [2.24, 2.45) is 4.99 Å². The van der Waals surface area contributed by atoms with Crippen LogP contribution in [-0.2, 0) is 13.0 Å². The smallest absolute Gasteiger partial charge is 0.194 e. The van der Waals surface area contributed by atoms with Gasteiger partial charge in [0.15, 0.2) is 5.96 Å². The van der Waals surface area contributed by atoms with Crippen LogP contribution in [0.3, 0.4) is 0 Å². The molecule has 88 valence electrons. The first-order valence-corrected chi connectivity index (χ1v) is 5.81. The summed E-state index contributed by atoms with van der Waals surface area (Å²) in [6.45, 7) is 2.41. The van der Waals surface area contributed by atoms with E-state index in [2.05, 4.69) is 45.4 Å². The Hall–Kier alpha value is -1.95. The summed E-state index contributed by atoms with van der Waals surface area (Å²) >= 11 is 0. The Bertz CT molecular complexity index is 457. The Labute approximate surface area is 103 Å². The molecule has 0 saturated carbocycles. The Morgan fingerprint density at radius 2 is 2.24 bits per heavy atom. The second-order valence-electron chi connectivity index (χ2n) is 4.05. The van der Waals surface area contributed by atoms with Gasteiger partial charge in [-0.1, -0.05) is 30.2 Å². The monoisotopic (exact) mass is 227 g/mol. The van der Waals surface area contributed by atoms with E-state index in [-0.39, 0.29) is 0 Å². The van der Waals surface area contributed by atoms with Crippen molar-refractivity contribution >= 4 is 5.96 Å². The first kappa shape index (κ1) is 11.5. The van der Waals surface area contributed by atoms with Gasteiger partial charge in [-0.3, -0.25) is 4.99 Å². The summed E-state index contributed by atoms with van der Waals surface area (Å²) in [5.74, 6) is 3.46. The van der Waals surface area contributed by atoms with Gasteiger partial charge in [0.2, 0.25) is 0 Å². The minimum absolute atomic E-state index is 0.519. The molecule has 3 heteroatoms.